The van der Waals surface area contributed by atoms with E-state index in [2.05, 4.69) is 10.2 Å². The van der Waals surface area contributed by atoms with Crippen LogP contribution in [0.2, 0.25) is 0 Å². The molecule has 0 saturated heterocycles. The van der Waals surface area contributed by atoms with Crippen molar-refractivity contribution in [3.63, 3.8) is 0 Å². The summed E-state index contributed by atoms with van der Waals surface area (Å²) >= 11 is 0. The Labute approximate surface area is 128 Å². The Morgan fingerprint density at radius 2 is 1.95 bits per heavy atom. The van der Waals surface area contributed by atoms with E-state index in [-0.39, 0.29) is 6.04 Å². The third kappa shape index (κ3) is 2.44. The van der Waals surface area contributed by atoms with E-state index in [0.717, 1.165) is 22.4 Å². The molecular weight excluding hydrogens is 284 g/mol. The van der Waals surface area contributed by atoms with Crippen molar-refractivity contribution in [2.75, 3.05) is 14.2 Å². The van der Waals surface area contributed by atoms with Gasteiger partial charge in [0.1, 0.15) is 5.75 Å². The fourth-order valence-corrected chi connectivity index (χ4v) is 2.53. The van der Waals surface area contributed by atoms with Gasteiger partial charge in [0.05, 0.1) is 25.8 Å². The van der Waals surface area contributed by atoms with Gasteiger partial charge in [-0.25, -0.2) is 0 Å². The largest absolute Gasteiger partial charge is 0.480 e. The topological polar surface area (TPSA) is 106 Å². The minimum Gasteiger partial charge on any atom is -0.480 e. The van der Waals surface area contributed by atoms with Crippen molar-refractivity contribution in [3.05, 3.63) is 29.8 Å². The van der Waals surface area contributed by atoms with E-state index in [4.69, 9.17) is 25.7 Å². The Morgan fingerprint density at radius 1 is 1.14 bits per heavy atom. The summed E-state index contributed by atoms with van der Waals surface area (Å²) in [5.74, 6) is 1.55. The molecule has 3 rings (SSSR count). The summed E-state index contributed by atoms with van der Waals surface area (Å²) in [6, 6.07) is 7.25. The van der Waals surface area contributed by atoms with Crippen molar-refractivity contribution < 1.29 is 14.2 Å². The Balaban J connectivity index is 2.15. The fraction of sp³-hybridized carbons (Fsp3) is 0.333. The maximum Gasteiger partial charge on any atom is 0.241 e. The van der Waals surface area contributed by atoms with Gasteiger partial charge in [0, 0.05) is 11.6 Å². The maximum atomic E-state index is 6.03. The third-order valence-corrected chi connectivity index (χ3v) is 3.69. The van der Waals surface area contributed by atoms with Crippen LogP contribution in [0, 0.1) is 0 Å². The van der Waals surface area contributed by atoms with Crippen LogP contribution >= 0.6 is 0 Å². The minimum absolute atomic E-state index is 0.267. The standard InChI is InChI=1S/C15H18N4O3/c1-20-13-7-10(15(21-2)19-18-13)8-4-3-5-12-9(8)6-11(16)14(17)22-12/h3-5,7,11,14H,6,16-17H2,1-2H3/t11-,14?/m0/s1. The zero-order chi connectivity index (χ0) is 15.7. The SMILES string of the molecule is COc1cc(-c2cccc3c2C[C@H](N)C(N)O3)c(OC)nn1. The van der Waals surface area contributed by atoms with Crippen LogP contribution in [0.1, 0.15) is 5.56 Å². The van der Waals surface area contributed by atoms with Crippen molar-refractivity contribution in [1.82, 2.24) is 10.2 Å². The zero-order valence-electron chi connectivity index (χ0n) is 12.4. The highest BCUT2D eigenvalue weighted by atomic mass is 16.5. The van der Waals surface area contributed by atoms with Crippen molar-refractivity contribution in [1.29, 1.82) is 0 Å². The number of nitrogens with zero attached hydrogens (tertiary/aromatic N) is 2. The van der Waals surface area contributed by atoms with Gasteiger partial charge in [-0.15, -0.1) is 10.2 Å². The quantitative estimate of drug-likeness (QED) is 0.860. The molecular formula is C15H18N4O3. The average molecular weight is 302 g/mol. The summed E-state index contributed by atoms with van der Waals surface area (Å²) in [5.41, 5.74) is 14.6. The Morgan fingerprint density at radius 3 is 2.68 bits per heavy atom. The molecule has 116 valence electrons. The molecule has 0 fully saturated rings. The predicted molar refractivity (Wildman–Crippen MR) is 80.9 cm³/mol. The van der Waals surface area contributed by atoms with Crippen LogP contribution < -0.4 is 25.7 Å². The lowest BCUT2D eigenvalue weighted by atomic mass is 9.93. The van der Waals surface area contributed by atoms with Gasteiger partial charge in [-0.2, -0.15) is 0 Å². The van der Waals surface area contributed by atoms with Gasteiger partial charge >= 0.3 is 0 Å². The number of rotatable bonds is 3. The molecule has 4 N–H and O–H groups in total. The first-order chi connectivity index (χ1) is 10.6. The van der Waals surface area contributed by atoms with Crippen LogP contribution in [0.4, 0.5) is 0 Å². The lowest BCUT2D eigenvalue weighted by molar-refractivity contribution is 0.158. The number of ether oxygens (including phenoxy) is 3. The highest BCUT2D eigenvalue weighted by molar-refractivity contribution is 5.75. The molecule has 7 nitrogen and oxygen atoms in total. The molecule has 1 aromatic carbocycles. The van der Waals surface area contributed by atoms with Crippen LogP contribution in [-0.4, -0.2) is 36.7 Å². The maximum absolute atomic E-state index is 6.03. The van der Waals surface area contributed by atoms with Gasteiger partial charge in [0.2, 0.25) is 11.8 Å². The van der Waals surface area contributed by atoms with E-state index in [1.54, 1.807) is 20.3 Å². The summed E-state index contributed by atoms with van der Waals surface area (Å²) in [4.78, 5) is 0. The molecule has 2 atom stereocenters. The van der Waals surface area contributed by atoms with Gasteiger partial charge in [-0.3, -0.25) is 5.73 Å². The molecule has 0 spiro atoms. The second-order valence-electron chi connectivity index (χ2n) is 5.04. The smallest absolute Gasteiger partial charge is 0.241 e. The van der Waals surface area contributed by atoms with Gasteiger partial charge < -0.3 is 19.9 Å². The third-order valence-electron chi connectivity index (χ3n) is 3.69. The second kappa shape index (κ2) is 5.78. The summed E-state index contributed by atoms with van der Waals surface area (Å²) in [7, 11) is 3.09. The summed E-state index contributed by atoms with van der Waals surface area (Å²) in [5, 5.41) is 7.95. The number of hydrogen-bond acceptors (Lipinski definition) is 7. The van der Waals surface area contributed by atoms with Gasteiger partial charge in [-0.1, -0.05) is 12.1 Å². The van der Waals surface area contributed by atoms with Crippen LogP contribution in [-0.2, 0) is 6.42 Å². The van der Waals surface area contributed by atoms with Crippen LogP contribution in [0.15, 0.2) is 24.3 Å². The molecule has 0 saturated carbocycles. The van der Waals surface area contributed by atoms with E-state index < -0.39 is 6.23 Å². The average Bonchev–Trinajstić information content (AvgIpc) is 2.55. The Hall–Kier alpha value is -2.38. The van der Waals surface area contributed by atoms with Crippen LogP contribution in [0.5, 0.6) is 17.5 Å². The minimum atomic E-state index is -0.505. The number of benzene rings is 1. The molecule has 0 amide bonds. The molecule has 0 bridgehead atoms. The number of hydrogen-bond donors (Lipinski definition) is 2. The van der Waals surface area contributed by atoms with E-state index in [9.17, 15) is 0 Å². The molecule has 1 aliphatic rings. The monoisotopic (exact) mass is 302 g/mol. The van der Waals surface area contributed by atoms with E-state index in [0.29, 0.717) is 18.2 Å². The number of aromatic nitrogens is 2. The molecule has 1 aromatic heterocycles. The second-order valence-corrected chi connectivity index (χ2v) is 5.04. The molecule has 7 heteroatoms. The molecule has 0 aliphatic carbocycles. The van der Waals surface area contributed by atoms with Crippen LogP contribution in [0.25, 0.3) is 11.1 Å². The highest BCUT2D eigenvalue weighted by Gasteiger charge is 2.27. The normalized spacial score (nSPS) is 20.0. The van der Waals surface area contributed by atoms with E-state index >= 15 is 0 Å². The van der Waals surface area contributed by atoms with Gasteiger partial charge in [0.15, 0.2) is 6.23 Å². The first-order valence-electron chi connectivity index (χ1n) is 6.89. The summed E-state index contributed by atoms with van der Waals surface area (Å²) in [6.45, 7) is 0. The van der Waals surface area contributed by atoms with Crippen molar-refractivity contribution in [2.45, 2.75) is 18.7 Å². The molecule has 0 radical (unpaired) electrons. The molecule has 22 heavy (non-hydrogen) atoms. The number of methoxy groups -OCH3 is 2. The molecule has 1 aliphatic heterocycles. The predicted octanol–water partition coefficient (Wildman–Crippen LogP) is 0.708. The summed E-state index contributed by atoms with van der Waals surface area (Å²) in [6.07, 6.45) is 0.107. The van der Waals surface area contributed by atoms with Gasteiger partial charge in [-0.05, 0) is 18.1 Å². The Kier molecular flexibility index (Phi) is 3.82. The van der Waals surface area contributed by atoms with Gasteiger partial charge in [0.25, 0.3) is 0 Å². The van der Waals surface area contributed by atoms with E-state index in [1.807, 2.05) is 18.2 Å². The highest BCUT2D eigenvalue weighted by Crippen LogP contribution is 2.38. The molecule has 1 unspecified atom stereocenters. The molecule has 2 heterocycles. The van der Waals surface area contributed by atoms with Crippen molar-refractivity contribution >= 4 is 0 Å². The lowest BCUT2D eigenvalue weighted by Gasteiger charge is -2.30. The van der Waals surface area contributed by atoms with E-state index in [1.165, 1.54) is 0 Å². The van der Waals surface area contributed by atoms with Crippen molar-refractivity contribution in [2.24, 2.45) is 11.5 Å². The number of nitrogens with two attached hydrogens (primary N) is 2. The first kappa shape index (κ1) is 14.6. The first-order valence-corrected chi connectivity index (χ1v) is 6.89. The fourth-order valence-electron chi connectivity index (χ4n) is 2.53. The lowest BCUT2D eigenvalue weighted by Crippen LogP contribution is -2.49. The van der Waals surface area contributed by atoms with Crippen molar-refractivity contribution in [3.8, 4) is 28.6 Å². The van der Waals surface area contributed by atoms with Crippen LogP contribution in [0.3, 0.4) is 0 Å². The number of fused-ring (bicyclic) bond motifs is 1. The Bertz CT molecular complexity index is 692. The summed E-state index contributed by atoms with van der Waals surface area (Å²) < 4.78 is 16.1. The zero-order valence-corrected chi connectivity index (χ0v) is 12.4. The molecule has 2 aromatic rings.